The summed E-state index contributed by atoms with van der Waals surface area (Å²) < 4.78 is 2.15. The summed E-state index contributed by atoms with van der Waals surface area (Å²) in [4.78, 5) is 2.64. The summed E-state index contributed by atoms with van der Waals surface area (Å²) in [6, 6.07) is 0. The molecule has 0 bridgehead atoms. The highest BCUT2D eigenvalue weighted by molar-refractivity contribution is 7.99. The van der Waals surface area contributed by atoms with E-state index in [1.807, 2.05) is 11.8 Å². The summed E-state index contributed by atoms with van der Waals surface area (Å²) in [5.41, 5.74) is 0.0666. The van der Waals surface area contributed by atoms with E-state index >= 15 is 0 Å². The second-order valence-electron chi connectivity index (χ2n) is 7.33. The van der Waals surface area contributed by atoms with Crippen LogP contribution in [-0.4, -0.2) is 45.1 Å². The largest absolute Gasteiger partial charge is 0.309 e. The molecule has 20 heavy (non-hydrogen) atoms. The van der Waals surface area contributed by atoms with Gasteiger partial charge in [-0.15, -0.1) is 10.2 Å². The van der Waals surface area contributed by atoms with Gasteiger partial charge in [-0.2, -0.15) is 0 Å². The fourth-order valence-electron chi connectivity index (χ4n) is 3.22. The molecule has 0 radical (unpaired) electrons. The molecule has 0 aromatic carbocycles. The first-order valence-electron chi connectivity index (χ1n) is 7.70. The van der Waals surface area contributed by atoms with Crippen molar-refractivity contribution in [2.45, 2.75) is 44.2 Å². The zero-order chi connectivity index (χ0) is 14.3. The van der Waals surface area contributed by atoms with Crippen molar-refractivity contribution >= 4 is 11.8 Å². The van der Waals surface area contributed by atoms with Crippen molar-refractivity contribution in [1.29, 1.82) is 0 Å². The number of aromatic nitrogens is 3. The van der Waals surface area contributed by atoms with Crippen molar-refractivity contribution in [2.75, 3.05) is 25.4 Å². The van der Waals surface area contributed by atoms with Gasteiger partial charge in [-0.1, -0.05) is 32.5 Å². The van der Waals surface area contributed by atoms with Gasteiger partial charge >= 0.3 is 0 Å². The Balaban J connectivity index is 1.43. The van der Waals surface area contributed by atoms with Crippen LogP contribution in [0.25, 0.3) is 0 Å². The van der Waals surface area contributed by atoms with Crippen LogP contribution in [-0.2, 0) is 12.5 Å². The average molecular weight is 294 g/mol. The van der Waals surface area contributed by atoms with Crippen molar-refractivity contribution in [3.63, 3.8) is 0 Å². The van der Waals surface area contributed by atoms with Crippen molar-refractivity contribution in [3.05, 3.63) is 5.82 Å². The second kappa shape index (κ2) is 5.34. The molecule has 0 spiro atoms. The van der Waals surface area contributed by atoms with Gasteiger partial charge in [0.25, 0.3) is 0 Å². The molecule has 1 aromatic heterocycles. The molecule has 2 atom stereocenters. The summed E-state index contributed by atoms with van der Waals surface area (Å²) in [7, 11) is 2.08. The smallest absolute Gasteiger partial charge is 0.190 e. The minimum atomic E-state index is 0.0666. The number of hydrogen-bond donors (Lipinski definition) is 0. The van der Waals surface area contributed by atoms with Crippen LogP contribution >= 0.6 is 11.8 Å². The van der Waals surface area contributed by atoms with E-state index in [1.54, 1.807) is 0 Å². The molecule has 4 nitrogen and oxygen atoms in total. The van der Waals surface area contributed by atoms with Crippen molar-refractivity contribution in [2.24, 2.45) is 18.9 Å². The highest BCUT2D eigenvalue weighted by atomic mass is 32.2. The summed E-state index contributed by atoms with van der Waals surface area (Å²) in [5, 5.41) is 9.73. The van der Waals surface area contributed by atoms with Gasteiger partial charge in [0.2, 0.25) is 0 Å². The summed E-state index contributed by atoms with van der Waals surface area (Å²) in [6.45, 7) is 10.5. The second-order valence-corrected chi connectivity index (χ2v) is 8.39. The fraction of sp³-hybridized carbons (Fsp3) is 0.867. The predicted molar refractivity (Wildman–Crippen MR) is 83.1 cm³/mol. The van der Waals surface area contributed by atoms with Gasteiger partial charge in [-0.25, -0.2) is 0 Å². The Morgan fingerprint density at radius 1 is 1.20 bits per heavy atom. The van der Waals surface area contributed by atoms with Crippen molar-refractivity contribution < 1.29 is 0 Å². The molecule has 2 aliphatic rings. The van der Waals surface area contributed by atoms with Crippen LogP contribution < -0.4 is 0 Å². The third-order valence-corrected chi connectivity index (χ3v) is 5.52. The minimum Gasteiger partial charge on any atom is -0.309 e. The number of likely N-dealkylation sites (tertiary alicyclic amines) is 1. The molecule has 0 amide bonds. The van der Waals surface area contributed by atoms with Gasteiger partial charge in [0, 0.05) is 31.3 Å². The number of thioether (sulfide) groups is 1. The first kappa shape index (κ1) is 14.4. The van der Waals surface area contributed by atoms with E-state index in [2.05, 4.69) is 47.5 Å². The first-order valence-corrected chi connectivity index (χ1v) is 8.69. The van der Waals surface area contributed by atoms with Crippen LogP contribution in [0.1, 0.15) is 39.4 Å². The molecular formula is C15H26N4S. The van der Waals surface area contributed by atoms with Gasteiger partial charge in [0.05, 0.1) is 0 Å². The van der Waals surface area contributed by atoms with E-state index in [9.17, 15) is 0 Å². The van der Waals surface area contributed by atoms with E-state index in [4.69, 9.17) is 0 Å². The van der Waals surface area contributed by atoms with Crippen LogP contribution in [0.5, 0.6) is 0 Å². The van der Waals surface area contributed by atoms with Crippen molar-refractivity contribution in [3.8, 4) is 0 Å². The minimum absolute atomic E-state index is 0.0666. The highest BCUT2D eigenvalue weighted by Crippen LogP contribution is 2.44. The Bertz CT molecular complexity index is 467. The summed E-state index contributed by atoms with van der Waals surface area (Å²) in [5.74, 6) is 4.31. The van der Waals surface area contributed by atoms with Gasteiger partial charge in [-0.05, 0) is 31.2 Å². The van der Waals surface area contributed by atoms with E-state index < -0.39 is 0 Å². The van der Waals surface area contributed by atoms with E-state index in [0.717, 1.165) is 28.6 Å². The Labute approximate surface area is 126 Å². The maximum absolute atomic E-state index is 4.34. The lowest BCUT2D eigenvalue weighted by Crippen LogP contribution is -2.24. The molecule has 0 N–H and O–H groups in total. The molecule has 3 rings (SSSR count). The normalized spacial score (nSPS) is 26.0. The van der Waals surface area contributed by atoms with Crippen LogP contribution in [0.2, 0.25) is 0 Å². The molecule has 112 valence electrons. The molecule has 2 unspecified atom stereocenters. The molecule has 1 saturated heterocycles. The number of piperidine rings is 1. The third kappa shape index (κ3) is 3.03. The molecular weight excluding hydrogens is 268 g/mol. The zero-order valence-electron chi connectivity index (χ0n) is 13.1. The number of hydrogen-bond acceptors (Lipinski definition) is 4. The lowest BCUT2D eigenvalue weighted by molar-refractivity contribution is 0.306. The van der Waals surface area contributed by atoms with Crippen LogP contribution in [0.4, 0.5) is 0 Å². The maximum atomic E-state index is 4.34. The lowest BCUT2D eigenvalue weighted by Gasteiger charge is -2.17. The van der Waals surface area contributed by atoms with Gasteiger partial charge in [0.1, 0.15) is 5.82 Å². The molecule has 1 aromatic rings. The topological polar surface area (TPSA) is 34.0 Å². The molecule has 5 heteroatoms. The number of rotatable bonds is 5. The standard InChI is InChI=1S/C15H26N4S/c1-15(2,3)13-16-17-14(18(13)4)20-7-5-6-19-9-11-8-12(11)10-19/h11-12H,5-10H2,1-4H3. The van der Waals surface area contributed by atoms with Gasteiger partial charge in [-0.3, -0.25) is 0 Å². The summed E-state index contributed by atoms with van der Waals surface area (Å²) >= 11 is 1.84. The maximum Gasteiger partial charge on any atom is 0.190 e. The van der Waals surface area contributed by atoms with E-state index in [-0.39, 0.29) is 5.41 Å². The molecule has 1 aliphatic heterocycles. The highest BCUT2D eigenvalue weighted by Gasteiger charge is 2.44. The quantitative estimate of drug-likeness (QED) is 0.617. The van der Waals surface area contributed by atoms with Crippen molar-refractivity contribution in [1.82, 2.24) is 19.7 Å². The molecule has 1 aliphatic carbocycles. The molecule has 1 saturated carbocycles. The average Bonchev–Trinajstić information content (AvgIpc) is 2.80. The third-order valence-electron chi connectivity index (χ3n) is 4.41. The summed E-state index contributed by atoms with van der Waals surface area (Å²) in [6.07, 6.45) is 2.75. The SMILES string of the molecule is Cn1c(SCCCN2CC3CC3C2)nnc1C(C)(C)C. The Kier molecular flexibility index (Phi) is 3.84. The van der Waals surface area contributed by atoms with Gasteiger partial charge in [0.15, 0.2) is 5.16 Å². The van der Waals surface area contributed by atoms with E-state index in [0.29, 0.717) is 0 Å². The predicted octanol–water partition coefficient (Wildman–Crippen LogP) is 2.55. The van der Waals surface area contributed by atoms with Crippen LogP contribution in [0, 0.1) is 11.8 Å². The molecule has 2 fully saturated rings. The fourth-order valence-corrected chi connectivity index (χ4v) is 4.06. The Hall–Kier alpha value is -0.550. The first-order chi connectivity index (χ1) is 9.45. The van der Waals surface area contributed by atoms with Crippen LogP contribution in [0.15, 0.2) is 5.16 Å². The zero-order valence-corrected chi connectivity index (χ0v) is 13.9. The number of fused-ring (bicyclic) bond motifs is 1. The number of nitrogens with zero attached hydrogens (tertiary/aromatic N) is 4. The molecule has 2 heterocycles. The van der Waals surface area contributed by atoms with E-state index in [1.165, 1.54) is 32.5 Å². The lowest BCUT2D eigenvalue weighted by atomic mass is 9.96. The Morgan fingerprint density at radius 2 is 1.90 bits per heavy atom. The Morgan fingerprint density at radius 3 is 2.50 bits per heavy atom. The monoisotopic (exact) mass is 294 g/mol. The van der Waals surface area contributed by atoms with Crippen LogP contribution in [0.3, 0.4) is 0 Å². The van der Waals surface area contributed by atoms with Gasteiger partial charge < -0.3 is 9.47 Å².